The summed E-state index contributed by atoms with van der Waals surface area (Å²) in [5.74, 6) is 1.61. The number of hydrogen-bond donors (Lipinski definition) is 2. The Hall–Kier alpha value is -2.44. The molecular weight excluding hydrogens is 318 g/mol. The van der Waals surface area contributed by atoms with Gasteiger partial charge in [-0.15, -0.1) is 10.2 Å². The number of nitrogens with zero attached hydrogens (tertiary/aromatic N) is 3. The van der Waals surface area contributed by atoms with Crippen LogP contribution < -0.4 is 10.9 Å². The SMILES string of the molecule is Cc1nnc2n1CCC(NC(=O)c1cc3c([nH]c1=O)CCCC3)CC2. The van der Waals surface area contributed by atoms with Crippen molar-refractivity contribution in [3.05, 3.63) is 44.9 Å². The van der Waals surface area contributed by atoms with E-state index in [0.717, 1.165) is 74.4 Å². The van der Waals surface area contributed by atoms with Crippen LogP contribution in [0.1, 0.15) is 58.9 Å². The van der Waals surface area contributed by atoms with Crippen LogP contribution in [0.2, 0.25) is 0 Å². The van der Waals surface area contributed by atoms with Crippen LogP contribution in [0.3, 0.4) is 0 Å². The first-order valence-corrected chi connectivity index (χ1v) is 9.06. The number of H-pyrrole nitrogens is 1. The normalized spacial score (nSPS) is 19.6. The van der Waals surface area contributed by atoms with E-state index in [-0.39, 0.29) is 23.1 Å². The van der Waals surface area contributed by atoms with Gasteiger partial charge < -0.3 is 14.9 Å². The number of aryl methyl sites for hydroxylation is 4. The molecule has 0 radical (unpaired) electrons. The minimum Gasteiger partial charge on any atom is -0.349 e. The Bertz CT molecular complexity index is 867. The molecule has 0 saturated carbocycles. The summed E-state index contributed by atoms with van der Waals surface area (Å²) >= 11 is 0. The molecule has 2 aliphatic rings. The summed E-state index contributed by atoms with van der Waals surface area (Å²) in [5, 5.41) is 11.3. The molecule has 0 spiro atoms. The molecule has 4 rings (SSSR count). The fourth-order valence-corrected chi connectivity index (χ4v) is 3.88. The van der Waals surface area contributed by atoms with Crippen LogP contribution in [0, 0.1) is 6.92 Å². The van der Waals surface area contributed by atoms with Gasteiger partial charge in [-0.05, 0) is 57.1 Å². The largest absolute Gasteiger partial charge is 0.349 e. The quantitative estimate of drug-likeness (QED) is 0.861. The first-order valence-electron chi connectivity index (χ1n) is 9.06. The van der Waals surface area contributed by atoms with Crippen molar-refractivity contribution in [2.45, 2.75) is 64.5 Å². The van der Waals surface area contributed by atoms with Gasteiger partial charge in [0.1, 0.15) is 17.2 Å². The van der Waals surface area contributed by atoms with Gasteiger partial charge >= 0.3 is 0 Å². The number of hydrogen-bond acceptors (Lipinski definition) is 4. The number of aromatic amines is 1. The van der Waals surface area contributed by atoms with E-state index in [0.29, 0.717) is 0 Å². The topological polar surface area (TPSA) is 92.7 Å². The number of carbonyl (C=O) groups is 1. The van der Waals surface area contributed by atoms with Crippen LogP contribution in [0.25, 0.3) is 0 Å². The van der Waals surface area contributed by atoms with Crippen molar-refractivity contribution in [1.29, 1.82) is 0 Å². The van der Waals surface area contributed by atoms with Crippen LogP contribution in [0.4, 0.5) is 0 Å². The van der Waals surface area contributed by atoms with E-state index in [1.54, 1.807) is 6.07 Å². The number of amides is 1. The Balaban J connectivity index is 1.48. The van der Waals surface area contributed by atoms with E-state index in [9.17, 15) is 9.59 Å². The van der Waals surface area contributed by atoms with Gasteiger partial charge in [0.15, 0.2) is 0 Å². The molecule has 7 nitrogen and oxygen atoms in total. The van der Waals surface area contributed by atoms with Crippen molar-refractivity contribution in [1.82, 2.24) is 25.1 Å². The third-order valence-corrected chi connectivity index (χ3v) is 5.35. The smallest absolute Gasteiger partial charge is 0.261 e. The molecule has 0 bridgehead atoms. The Morgan fingerprint density at radius 3 is 2.96 bits per heavy atom. The molecule has 1 aliphatic carbocycles. The summed E-state index contributed by atoms with van der Waals surface area (Å²) in [7, 11) is 0. The number of fused-ring (bicyclic) bond motifs is 2. The molecule has 1 atom stereocenters. The van der Waals surface area contributed by atoms with Crippen LogP contribution in [-0.4, -0.2) is 31.7 Å². The second-order valence-corrected chi connectivity index (χ2v) is 7.04. The summed E-state index contributed by atoms with van der Waals surface area (Å²) in [4.78, 5) is 27.8. The molecule has 0 saturated heterocycles. The monoisotopic (exact) mass is 341 g/mol. The van der Waals surface area contributed by atoms with Gasteiger partial charge in [-0.25, -0.2) is 0 Å². The Labute approximate surface area is 145 Å². The maximum Gasteiger partial charge on any atom is 0.261 e. The Morgan fingerprint density at radius 2 is 2.08 bits per heavy atom. The van der Waals surface area contributed by atoms with Crippen molar-refractivity contribution >= 4 is 5.91 Å². The molecule has 3 heterocycles. The van der Waals surface area contributed by atoms with Gasteiger partial charge in [-0.3, -0.25) is 9.59 Å². The Morgan fingerprint density at radius 1 is 1.24 bits per heavy atom. The van der Waals surface area contributed by atoms with E-state index in [2.05, 4.69) is 25.1 Å². The van der Waals surface area contributed by atoms with E-state index >= 15 is 0 Å². The lowest BCUT2D eigenvalue weighted by atomic mass is 9.95. The predicted octanol–water partition coefficient (Wildman–Crippen LogP) is 1.29. The number of aromatic nitrogens is 4. The molecule has 7 heteroatoms. The second kappa shape index (κ2) is 6.46. The maximum absolute atomic E-state index is 12.6. The van der Waals surface area contributed by atoms with Crippen LogP contribution in [-0.2, 0) is 25.8 Å². The molecule has 132 valence electrons. The minimum atomic E-state index is -0.278. The summed E-state index contributed by atoms with van der Waals surface area (Å²) in [5.41, 5.74) is 2.06. The fourth-order valence-electron chi connectivity index (χ4n) is 3.88. The maximum atomic E-state index is 12.6. The second-order valence-electron chi connectivity index (χ2n) is 7.04. The van der Waals surface area contributed by atoms with Crippen LogP contribution in [0.15, 0.2) is 10.9 Å². The molecular formula is C18H23N5O2. The van der Waals surface area contributed by atoms with Crippen LogP contribution >= 0.6 is 0 Å². The zero-order valence-corrected chi connectivity index (χ0v) is 14.5. The van der Waals surface area contributed by atoms with E-state index in [1.165, 1.54) is 0 Å². The van der Waals surface area contributed by atoms with E-state index in [4.69, 9.17) is 0 Å². The van der Waals surface area contributed by atoms with Crippen molar-refractivity contribution in [2.24, 2.45) is 0 Å². The predicted molar refractivity (Wildman–Crippen MR) is 92.7 cm³/mol. The number of nitrogens with one attached hydrogen (secondary N) is 2. The first-order chi connectivity index (χ1) is 12.1. The Kier molecular flexibility index (Phi) is 4.15. The average molecular weight is 341 g/mol. The summed E-state index contributed by atoms with van der Waals surface area (Å²) in [6.45, 7) is 2.74. The lowest BCUT2D eigenvalue weighted by Gasteiger charge is -2.18. The van der Waals surface area contributed by atoms with Gasteiger partial charge in [-0.2, -0.15) is 0 Å². The molecule has 1 amide bonds. The molecule has 2 aromatic rings. The zero-order chi connectivity index (χ0) is 17.4. The number of rotatable bonds is 2. The van der Waals surface area contributed by atoms with Crippen molar-refractivity contribution in [3.8, 4) is 0 Å². The molecule has 0 fully saturated rings. The zero-order valence-electron chi connectivity index (χ0n) is 14.5. The molecule has 1 unspecified atom stereocenters. The van der Waals surface area contributed by atoms with Gasteiger partial charge in [0.2, 0.25) is 0 Å². The highest BCUT2D eigenvalue weighted by Gasteiger charge is 2.23. The standard InChI is InChI=1S/C18H23N5O2/c1-11-21-22-16-7-6-13(8-9-23(11)16)19-17(24)14-10-12-4-2-3-5-15(12)20-18(14)25/h10,13H,2-9H2,1H3,(H,19,24)(H,20,25). The summed E-state index contributed by atoms with van der Waals surface area (Å²) in [6.07, 6.45) is 6.46. The first kappa shape index (κ1) is 16.1. The molecule has 25 heavy (non-hydrogen) atoms. The lowest BCUT2D eigenvalue weighted by molar-refractivity contribution is 0.0931. The third kappa shape index (κ3) is 3.10. The van der Waals surface area contributed by atoms with Gasteiger partial charge in [-0.1, -0.05) is 0 Å². The highest BCUT2D eigenvalue weighted by molar-refractivity contribution is 5.94. The summed E-state index contributed by atoms with van der Waals surface area (Å²) in [6, 6.07) is 1.84. The van der Waals surface area contributed by atoms with Crippen molar-refractivity contribution in [3.63, 3.8) is 0 Å². The van der Waals surface area contributed by atoms with Gasteiger partial charge in [0.25, 0.3) is 11.5 Å². The molecule has 1 aliphatic heterocycles. The number of carbonyl (C=O) groups excluding carboxylic acids is 1. The fraction of sp³-hybridized carbons (Fsp3) is 0.556. The highest BCUT2D eigenvalue weighted by atomic mass is 16.2. The lowest BCUT2D eigenvalue weighted by Crippen LogP contribution is -2.38. The average Bonchev–Trinajstić information content (AvgIpc) is 2.83. The van der Waals surface area contributed by atoms with Crippen molar-refractivity contribution in [2.75, 3.05) is 0 Å². The van der Waals surface area contributed by atoms with E-state index < -0.39 is 0 Å². The van der Waals surface area contributed by atoms with E-state index in [1.807, 2.05) is 6.92 Å². The van der Waals surface area contributed by atoms with Gasteiger partial charge in [0, 0.05) is 24.7 Å². The molecule has 2 N–H and O–H groups in total. The van der Waals surface area contributed by atoms with Crippen molar-refractivity contribution < 1.29 is 4.79 Å². The molecule has 0 aromatic carbocycles. The third-order valence-electron chi connectivity index (χ3n) is 5.35. The summed E-state index contributed by atoms with van der Waals surface area (Å²) < 4.78 is 2.11. The highest BCUT2D eigenvalue weighted by Crippen LogP contribution is 2.19. The number of pyridine rings is 1. The van der Waals surface area contributed by atoms with Crippen LogP contribution in [0.5, 0.6) is 0 Å². The minimum absolute atomic E-state index is 0.0454. The molecule has 2 aromatic heterocycles. The van der Waals surface area contributed by atoms with Gasteiger partial charge in [0.05, 0.1) is 0 Å².